The van der Waals surface area contributed by atoms with Crippen LogP contribution in [0, 0.1) is 5.41 Å². The maximum atomic E-state index is 7.01. The topological polar surface area (TPSA) is 51.8 Å². The molecule has 0 aromatic heterocycles. The molecular weight excluding hydrogens is 152 g/mol. The van der Waals surface area contributed by atoms with E-state index in [1.807, 2.05) is 27.9 Å². The van der Waals surface area contributed by atoms with Crippen LogP contribution >= 0.6 is 0 Å². The van der Waals surface area contributed by atoms with E-state index in [-0.39, 0.29) is 6.04 Å². The van der Waals surface area contributed by atoms with Crippen molar-refractivity contribution in [1.29, 1.82) is 5.41 Å². The molecule has 68 valence electrons. The van der Waals surface area contributed by atoms with E-state index >= 15 is 0 Å². The van der Waals surface area contributed by atoms with Gasteiger partial charge in [0.05, 0.1) is 12.6 Å². The molecule has 0 fully saturated rings. The Morgan fingerprint density at radius 1 is 1.42 bits per heavy atom. The van der Waals surface area contributed by atoms with Crippen molar-refractivity contribution in [3.63, 3.8) is 0 Å². The zero-order valence-corrected chi connectivity index (χ0v) is 8.07. The van der Waals surface area contributed by atoms with Crippen LogP contribution in [0.15, 0.2) is 9.98 Å². The van der Waals surface area contributed by atoms with E-state index in [0.717, 1.165) is 6.21 Å². The molecule has 0 saturated carbocycles. The fourth-order valence-corrected chi connectivity index (χ4v) is 0.547. The van der Waals surface area contributed by atoms with E-state index in [4.69, 9.17) is 5.41 Å². The van der Waals surface area contributed by atoms with E-state index in [1.54, 1.807) is 11.2 Å². The SMILES string of the molecule is CC(C)N=C(C=N)N=CN(C)C. The predicted octanol–water partition coefficient (Wildman–Crippen LogP) is 1.03. The van der Waals surface area contributed by atoms with Gasteiger partial charge in [-0.25, -0.2) is 4.99 Å². The van der Waals surface area contributed by atoms with Gasteiger partial charge in [-0.15, -0.1) is 0 Å². The van der Waals surface area contributed by atoms with Crippen LogP contribution in [0.5, 0.6) is 0 Å². The molecule has 0 heterocycles. The Kier molecular flexibility index (Phi) is 4.92. The van der Waals surface area contributed by atoms with Crippen molar-refractivity contribution in [2.24, 2.45) is 9.98 Å². The van der Waals surface area contributed by atoms with E-state index in [0.29, 0.717) is 5.84 Å². The Labute approximate surface area is 73.5 Å². The molecule has 0 rings (SSSR count). The molecule has 12 heavy (non-hydrogen) atoms. The molecule has 0 bridgehead atoms. The summed E-state index contributed by atoms with van der Waals surface area (Å²) >= 11 is 0. The van der Waals surface area contributed by atoms with Crippen LogP contribution in [0.4, 0.5) is 0 Å². The zero-order chi connectivity index (χ0) is 9.56. The third kappa shape index (κ3) is 5.58. The summed E-state index contributed by atoms with van der Waals surface area (Å²) in [5.74, 6) is 0.457. The van der Waals surface area contributed by atoms with Crippen molar-refractivity contribution in [1.82, 2.24) is 4.90 Å². The molecule has 0 aromatic rings. The Hall–Kier alpha value is -1.19. The molecule has 0 spiro atoms. The van der Waals surface area contributed by atoms with Gasteiger partial charge in [0.15, 0.2) is 5.84 Å². The summed E-state index contributed by atoms with van der Waals surface area (Å²) in [6.07, 6.45) is 2.78. The van der Waals surface area contributed by atoms with E-state index in [2.05, 4.69) is 9.98 Å². The fraction of sp³-hybridized carbons (Fsp3) is 0.625. The van der Waals surface area contributed by atoms with Gasteiger partial charge < -0.3 is 10.3 Å². The lowest BCUT2D eigenvalue weighted by Gasteiger charge is -2.02. The van der Waals surface area contributed by atoms with Crippen molar-refractivity contribution in [2.45, 2.75) is 19.9 Å². The third-order valence-corrected chi connectivity index (χ3v) is 0.941. The number of aliphatic imine (C=N–C) groups is 2. The van der Waals surface area contributed by atoms with Gasteiger partial charge in [-0.3, -0.25) is 4.99 Å². The highest BCUT2D eigenvalue weighted by Crippen LogP contribution is 1.87. The van der Waals surface area contributed by atoms with Gasteiger partial charge >= 0.3 is 0 Å². The molecule has 0 aliphatic heterocycles. The summed E-state index contributed by atoms with van der Waals surface area (Å²) in [5, 5.41) is 7.01. The zero-order valence-electron chi connectivity index (χ0n) is 8.07. The van der Waals surface area contributed by atoms with Crippen LogP contribution in [0.1, 0.15) is 13.8 Å². The van der Waals surface area contributed by atoms with Gasteiger partial charge in [0, 0.05) is 20.1 Å². The fourth-order valence-electron chi connectivity index (χ4n) is 0.547. The molecule has 0 aromatic carbocycles. The second kappa shape index (κ2) is 5.46. The number of nitrogens with zero attached hydrogens (tertiary/aromatic N) is 3. The van der Waals surface area contributed by atoms with E-state index in [9.17, 15) is 0 Å². The lowest BCUT2D eigenvalue weighted by molar-refractivity contribution is 0.644. The summed E-state index contributed by atoms with van der Waals surface area (Å²) in [7, 11) is 3.75. The smallest absolute Gasteiger partial charge is 0.166 e. The number of rotatable bonds is 3. The lowest BCUT2D eigenvalue weighted by Crippen LogP contribution is -2.10. The summed E-state index contributed by atoms with van der Waals surface area (Å²) in [5.41, 5.74) is 0. The Balaban J connectivity index is 4.27. The van der Waals surface area contributed by atoms with Gasteiger partial charge in [-0.1, -0.05) is 0 Å². The van der Waals surface area contributed by atoms with Crippen LogP contribution < -0.4 is 0 Å². The van der Waals surface area contributed by atoms with Gasteiger partial charge in [0.1, 0.15) is 0 Å². The Morgan fingerprint density at radius 3 is 2.33 bits per heavy atom. The van der Waals surface area contributed by atoms with Gasteiger partial charge in [-0.05, 0) is 13.8 Å². The van der Waals surface area contributed by atoms with Crippen molar-refractivity contribution in [2.75, 3.05) is 14.1 Å². The molecule has 0 aliphatic carbocycles. The molecular formula is C8H16N4. The first-order valence-corrected chi connectivity index (χ1v) is 3.85. The molecule has 1 N–H and O–H groups in total. The van der Waals surface area contributed by atoms with E-state index < -0.39 is 0 Å². The predicted molar refractivity (Wildman–Crippen MR) is 53.5 cm³/mol. The van der Waals surface area contributed by atoms with Gasteiger partial charge in [-0.2, -0.15) is 0 Å². The second-order valence-corrected chi connectivity index (χ2v) is 2.93. The minimum Gasteiger partial charge on any atom is -0.369 e. The number of amidine groups is 1. The van der Waals surface area contributed by atoms with Crippen molar-refractivity contribution in [3.05, 3.63) is 0 Å². The van der Waals surface area contributed by atoms with Crippen molar-refractivity contribution >= 4 is 18.4 Å². The molecule has 0 aliphatic rings. The van der Waals surface area contributed by atoms with Crippen LogP contribution in [0.2, 0.25) is 0 Å². The lowest BCUT2D eigenvalue weighted by atomic mass is 10.4. The minimum atomic E-state index is 0.181. The third-order valence-electron chi connectivity index (χ3n) is 0.941. The van der Waals surface area contributed by atoms with Crippen LogP contribution in [0.3, 0.4) is 0 Å². The average Bonchev–Trinajstić information content (AvgIpc) is 1.97. The summed E-state index contributed by atoms with van der Waals surface area (Å²) < 4.78 is 0. The molecule has 0 amide bonds. The van der Waals surface area contributed by atoms with Crippen LogP contribution in [-0.2, 0) is 0 Å². The van der Waals surface area contributed by atoms with Crippen molar-refractivity contribution in [3.8, 4) is 0 Å². The molecule has 4 nitrogen and oxygen atoms in total. The quantitative estimate of drug-likeness (QED) is 0.496. The van der Waals surface area contributed by atoms with Crippen LogP contribution in [-0.4, -0.2) is 43.4 Å². The first kappa shape index (κ1) is 10.8. The number of nitrogens with one attached hydrogen (secondary N) is 1. The highest BCUT2D eigenvalue weighted by atomic mass is 15.1. The molecule has 0 saturated heterocycles. The highest BCUT2D eigenvalue weighted by Gasteiger charge is 1.92. The van der Waals surface area contributed by atoms with Gasteiger partial charge in [0.2, 0.25) is 0 Å². The second-order valence-electron chi connectivity index (χ2n) is 2.93. The summed E-state index contributed by atoms with van der Waals surface area (Å²) in [6, 6.07) is 0.181. The maximum absolute atomic E-state index is 7.01. The number of hydrogen-bond acceptors (Lipinski definition) is 2. The standard InChI is InChI=1S/C8H16N4/c1-7(2)11-8(5-9)10-6-12(3)4/h5-7,9H,1-4H3. The highest BCUT2D eigenvalue weighted by molar-refractivity contribution is 6.30. The van der Waals surface area contributed by atoms with Gasteiger partial charge in [0.25, 0.3) is 0 Å². The average molecular weight is 168 g/mol. The summed E-state index contributed by atoms with van der Waals surface area (Å²) in [6.45, 7) is 3.91. The first-order chi connectivity index (χ1) is 5.56. The normalized spacial score (nSPS) is 12.6. The molecule has 0 radical (unpaired) electrons. The van der Waals surface area contributed by atoms with E-state index in [1.165, 1.54) is 0 Å². The monoisotopic (exact) mass is 168 g/mol. The molecule has 0 atom stereocenters. The van der Waals surface area contributed by atoms with Crippen LogP contribution in [0.25, 0.3) is 0 Å². The number of hydrogen-bond donors (Lipinski definition) is 1. The molecule has 4 heteroatoms. The maximum Gasteiger partial charge on any atom is 0.166 e. The molecule has 0 unspecified atom stereocenters. The van der Waals surface area contributed by atoms with Crippen molar-refractivity contribution < 1.29 is 0 Å². The largest absolute Gasteiger partial charge is 0.369 e. The first-order valence-electron chi connectivity index (χ1n) is 3.85. The minimum absolute atomic E-state index is 0.181. The Bertz CT molecular complexity index is 191. The summed E-state index contributed by atoms with van der Waals surface area (Å²) in [4.78, 5) is 9.91. The Morgan fingerprint density at radius 2 is 2.00 bits per heavy atom.